The molecule has 3 heterocycles. The smallest absolute Gasteiger partial charge is 0.220 e. The van der Waals surface area contributed by atoms with Crippen LogP contribution in [0.5, 0.6) is 5.88 Å². The lowest BCUT2D eigenvalue weighted by Crippen LogP contribution is -2.27. The Kier molecular flexibility index (Phi) is 5.87. The molecule has 2 unspecified atom stereocenters. The fraction of sp³-hybridized carbons (Fsp3) is 0.455. The maximum atomic E-state index is 15.3. The van der Waals surface area contributed by atoms with E-state index >= 15 is 4.39 Å². The number of aryl methyl sites for hydroxylation is 1. The molecule has 0 saturated carbocycles. The molecule has 1 fully saturated rings. The topological polar surface area (TPSA) is 66.1 Å². The summed E-state index contributed by atoms with van der Waals surface area (Å²) in [7, 11) is 3.65. The van der Waals surface area contributed by atoms with Gasteiger partial charge >= 0.3 is 0 Å². The second-order valence-electron chi connectivity index (χ2n) is 7.68. The van der Waals surface area contributed by atoms with E-state index in [9.17, 15) is 0 Å². The van der Waals surface area contributed by atoms with E-state index in [0.717, 1.165) is 24.6 Å². The maximum absolute atomic E-state index is 15.3. The molecule has 3 aromatic rings. The Hall–Kier alpha value is -2.71. The Bertz CT molecular complexity index is 1050. The molecular formula is C22H28FN5O2. The highest BCUT2D eigenvalue weighted by molar-refractivity contribution is 5.91. The van der Waals surface area contributed by atoms with Gasteiger partial charge in [-0.1, -0.05) is 6.58 Å². The minimum Gasteiger partial charge on any atom is -0.473 e. The molecule has 2 atom stereocenters. The Morgan fingerprint density at radius 2 is 2.23 bits per heavy atom. The molecule has 0 amide bonds. The molecule has 0 aliphatic carbocycles. The first-order valence-electron chi connectivity index (χ1n) is 10.3. The van der Waals surface area contributed by atoms with E-state index in [1.54, 1.807) is 34.8 Å². The van der Waals surface area contributed by atoms with Crippen LogP contribution in [-0.2, 0) is 11.8 Å². The lowest BCUT2D eigenvalue weighted by Gasteiger charge is -2.23. The highest BCUT2D eigenvalue weighted by Gasteiger charge is 2.24. The first-order valence-corrected chi connectivity index (χ1v) is 10.3. The predicted molar refractivity (Wildman–Crippen MR) is 115 cm³/mol. The van der Waals surface area contributed by atoms with Crippen LogP contribution < -0.4 is 10.1 Å². The van der Waals surface area contributed by atoms with Crippen LogP contribution in [0.15, 0.2) is 24.9 Å². The molecule has 0 bridgehead atoms. The van der Waals surface area contributed by atoms with Crippen LogP contribution in [0.3, 0.4) is 0 Å². The zero-order chi connectivity index (χ0) is 21.3. The number of ether oxygens (including phenoxy) is 2. The molecule has 30 heavy (non-hydrogen) atoms. The Morgan fingerprint density at radius 1 is 1.40 bits per heavy atom. The largest absolute Gasteiger partial charge is 0.473 e. The summed E-state index contributed by atoms with van der Waals surface area (Å²) in [5, 5.41) is 12.9. The number of likely N-dealkylation sites (N-methyl/N-ethyl adjacent to an activating group) is 1. The van der Waals surface area contributed by atoms with Gasteiger partial charge in [0.1, 0.15) is 11.9 Å². The summed E-state index contributed by atoms with van der Waals surface area (Å²) in [5.74, 6) is 0.174. The Balaban J connectivity index is 1.80. The summed E-state index contributed by atoms with van der Waals surface area (Å²) in [4.78, 5) is 0. The van der Waals surface area contributed by atoms with Crippen LogP contribution in [0.25, 0.3) is 28.1 Å². The van der Waals surface area contributed by atoms with Crippen molar-refractivity contribution in [3.63, 3.8) is 0 Å². The third kappa shape index (κ3) is 3.73. The average Bonchev–Trinajstić information content (AvgIpc) is 3.28. The van der Waals surface area contributed by atoms with Crippen LogP contribution in [0.2, 0.25) is 0 Å². The Morgan fingerprint density at radius 3 is 2.93 bits per heavy atom. The van der Waals surface area contributed by atoms with Gasteiger partial charge in [0.2, 0.25) is 5.88 Å². The number of benzene rings is 1. The number of rotatable bonds is 7. The zero-order valence-electron chi connectivity index (χ0n) is 17.7. The average molecular weight is 413 g/mol. The molecule has 0 spiro atoms. The van der Waals surface area contributed by atoms with Gasteiger partial charge in [0, 0.05) is 37.2 Å². The summed E-state index contributed by atoms with van der Waals surface area (Å²) in [6, 6.07) is 3.33. The monoisotopic (exact) mass is 413 g/mol. The van der Waals surface area contributed by atoms with E-state index in [-0.39, 0.29) is 18.1 Å². The zero-order valence-corrected chi connectivity index (χ0v) is 17.7. The SMILES string of the molecule is C=Cc1nn(C2CCCCO2)c2cc(F)c(-c3cnn(C)c3OC(C)CNC)cc12. The van der Waals surface area contributed by atoms with E-state index in [2.05, 4.69) is 22.1 Å². The van der Waals surface area contributed by atoms with Crippen LogP contribution >= 0.6 is 0 Å². The van der Waals surface area contributed by atoms with E-state index in [4.69, 9.17) is 9.47 Å². The number of hydrogen-bond acceptors (Lipinski definition) is 5. The van der Waals surface area contributed by atoms with Crippen molar-refractivity contribution in [1.82, 2.24) is 24.9 Å². The minimum absolute atomic E-state index is 0.0918. The van der Waals surface area contributed by atoms with Crippen LogP contribution in [0.1, 0.15) is 38.1 Å². The van der Waals surface area contributed by atoms with Crippen molar-refractivity contribution in [3.05, 3.63) is 36.4 Å². The summed E-state index contributed by atoms with van der Waals surface area (Å²) in [5.41, 5.74) is 2.44. The fourth-order valence-electron chi connectivity index (χ4n) is 3.95. The van der Waals surface area contributed by atoms with Crippen molar-refractivity contribution in [2.75, 3.05) is 20.2 Å². The van der Waals surface area contributed by atoms with Gasteiger partial charge in [-0.25, -0.2) is 13.8 Å². The highest BCUT2D eigenvalue weighted by atomic mass is 19.1. The quantitative estimate of drug-likeness (QED) is 0.636. The van der Waals surface area contributed by atoms with Gasteiger partial charge in [0.05, 0.1) is 23.0 Å². The van der Waals surface area contributed by atoms with Gasteiger partial charge in [0.25, 0.3) is 0 Å². The minimum atomic E-state index is -0.353. The standard InChI is InChI=1S/C22H28FN5O2/c1-5-19-16-10-15(17-13-25-27(4)22(17)30-14(2)12-24-3)18(23)11-20(16)28(26-19)21-8-6-7-9-29-21/h5,10-11,13-14,21,24H,1,6-9,12H2,2-4H3. The third-order valence-corrected chi connectivity index (χ3v) is 5.42. The van der Waals surface area contributed by atoms with Crippen LogP contribution in [-0.4, -0.2) is 45.9 Å². The molecule has 1 aliphatic heterocycles. The summed E-state index contributed by atoms with van der Waals surface area (Å²) in [6.45, 7) is 7.20. The summed E-state index contributed by atoms with van der Waals surface area (Å²) < 4.78 is 30.7. The number of hydrogen-bond donors (Lipinski definition) is 1. The molecule has 8 heteroatoms. The fourth-order valence-corrected chi connectivity index (χ4v) is 3.95. The van der Waals surface area contributed by atoms with Gasteiger partial charge in [-0.3, -0.25) is 0 Å². The highest BCUT2D eigenvalue weighted by Crippen LogP contribution is 2.37. The number of halogens is 1. The van der Waals surface area contributed by atoms with Crippen molar-refractivity contribution < 1.29 is 13.9 Å². The number of nitrogens with one attached hydrogen (secondary N) is 1. The second-order valence-corrected chi connectivity index (χ2v) is 7.68. The molecule has 1 saturated heterocycles. The van der Waals surface area contributed by atoms with Crippen LogP contribution in [0, 0.1) is 5.82 Å². The van der Waals surface area contributed by atoms with Gasteiger partial charge in [-0.2, -0.15) is 10.2 Å². The second kappa shape index (κ2) is 8.57. The first-order chi connectivity index (χ1) is 14.5. The molecule has 1 N–H and O–H groups in total. The van der Waals surface area contributed by atoms with Crippen molar-refractivity contribution in [2.24, 2.45) is 7.05 Å². The van der Waals surface area contributed by atoms with Gasteiger partial charge < -0.3 is 14.8 Å². The Labute approximate surface area is 175 Å². The van der Waals surface area contributed by atoms with Crippen molar-refractivity contribution in [3.8, 4) is 17.0 Å². The predicted octanol–water partition coefficient (Wildman–Crippen LogP) is 3.90. The number of fused-ring (bicyclic) bond motifs is 1. The lowest BCUT2D eigenvalue weighted by molar-refractivity contribution is -0.0367. The normalized spacial score (nSPS) is 17.9. The first kappa shape index (κ1) is 20.6. The molecular weight excluding hydrogens is 385 g/mol. The molecule has 160 valence electrons. The van der Waals surface area contributed by atoms with Crippen molar-refractivity contribution in [2.45, 2.75) is 38.5 Å². The van der Waals surface area contributed by atoms with Crippen LogP contribution in [0.4, 0.5) is 4.39 Å². The van der Waals surface area contributed by atoms with E-state index < -0.39 is 0 Å². The van der Waals surface area contributed by atoms with Crippen molar-refractivity contribution >= 4 is 17.0 Å². The van der Waals surface area contributed by atoms with Gasteiger partial charge in [-0.05, 0) is 45.4 Å². The van der Waals surface area contributed by atoms with Gasteiger partial charge in [-0.15, -0.1) is 0 Å². The molecule has 4 rings (SSSR count). The molecule has 7 nitrogen and oxygen atoms in total. The lowest BCUT2D eigenvalue weighted by atomic mass is 10.0. The maximum Gasteiger partial charge on any atom is 0.220 e. The van der Waals surface area contributed by atoms with E-state index in [0.29, 0.717) is 41.4 Å². The summed E-state index contributed by atoms with van der Waals surface area (Å²) >= 11 is 0. The third-order valence-electron chi connectivity index (χ3n) is 5.42. The number of aromatic nitrogens is 4. The van der Waals surface area contributed by atoms with Gasteiger partial charge in [0.15, 0.2) is 6.23 Å². The number of nitrogens with zero attached hydrogens (tertiary/aromatic N) is 4. The summed E-state index contributed by atoms with van der Waals surface area (Å²) in [6.07, 6.45) is 6.02. The molecule has 1 aromatic carbocycles. The van der Waals surface area contributed by atoms with E-state index in [1.165, 1.54) is 6.07 Å². The molecule has 2 aromatic heterocycles. The molecule has 1 aliphatic rings. The molecule has 0 radical (unpaired) electrons. The van der Waals surface area contributed by atoms with E-state index in [1.807, 2.05) is 14.0 Å². The van der Waals surface area contributed by atoms with Crippen molar-refractivity contribution in [1.29, 1.82) is 0 Å².